The number of carbonyl (C=O) groups is 2. The summed E-state index contributed by atoms with van der Waals surface area (Å²) in [6, 6.07) is 4.83. The summed E-state index contributed by atoms with van der Waals surface area (Å²) in [5, 5.41) is 18.8. The number of aryl methyl sites for hydroxylation is 2. The van der Waals surface area contributed by atoms with Gasteiger partial charge in [0.2, 0.25) is 5.91 Å². The summed E-state index contributed by atoms with van der Waals surface area (Å²) in [5.74, 6) is -1.09. The number of hydrogen-bond donors (Lipinski definition) is 3. The van der Waals surface area contributed by atoms with E-state index >= 15 is 0 Å². The Labute approximate surface area is 127 Å². The molecule has 1 aliphatic carbocycles. The number of rotatable bonds is 3. The molecule has 1 aliphatic rings. The van der Waals surface area contributed by atoms with Gasteiger partial charge in [-0.3, -0.25) is 9.89 Å². The van der Waals surface area contributed by atoms with Crippen molar-refractivity contribution in [3.63, 3.8) is 0 Å². The van der Waals surface area contributed by atoms with Crippen molar-refractivity contribution >= 4 is 17.6 Å². The van der Waals surface area contributed by atoms with E-state index in [0.717, 1.165) is 18.5 Å². The van der Waals surface area contributed by atoms with E-state index < -0.39 is 5.97 Å². The molecular weight excluding hydrogens is 282 g/mol. The average molecular weight is 299 g/mol. The van der Waals surface area contributed by atoms with Gasteiger partial charge in [0.1, 0.15) is 0 Å². The van der Waals surface area contributed by atoms with Crippen molar-refractivity contribution in [3.8, 4) is 0 Å². The van der Waals surface area contributed by atoms with Gasteiger partial charge in [-0.05, 0) is 49.1 Å². The van der Waals surface area contributed by atoms with Gasteiger partial charge in [-0.15, -0.1) is 0 Å². The number of hydrogen-bond acceptors (Lipinski definition) is 3. The molecule has 3 N–H and O–H groups in total. The summed E-state index contributed by atoms with van der Waals surface area (Å²) in [4.78, 5) is 23.4. The van der Waals surface area contributed by atoms with Crippen molar-refractivity contribution in [1.29, 1.82) is 0 Å². The molecule has 6 nitrogen and oxygen atoms in total. The quantitative estimate of drug-likeness (QED) is 0.809. The van der Waals surface area contributed by atoms with Crippen molar-refractivity contribution in [2.24, 2.45) is 5.92 Å². The van der Waals surface area contributed by atoms with E-state index in [2.05, 4.69) is 15.5 Å². The van der Waals surface area contributed by atoms with Gasteiger partial charge in [-0.1, -0.05) is 0 Å². The van der Waals surface area contributed by atoms with Crippen molar-refractivity contribution in [3.05, 3.63) is 46.8 Å². The largest absolute Gasteiger partial charge is 0.478 e. The highest BCUT2D eigenvalue weighted by molar-refractivity contribution is 5.94. The number of benzene rings is 1. The number of anilines is 1. The molecule has 0 bridgehead atoms. The van der Waals surface area contributed by atoms with Gasteiger partial charge >= 0.3 is 5.97 Å². The second-order valence-corrected chi connectivity index (χ2v) is 5.64. The van der Waals surface area contributed by atoms with Crippen molar-refractivity contribution in [1.82, 2.24) is 10.2 Å². The van der Waals surface area contributed by atoms with Crippen LogP contribution in [0.4, 0.5) is 5.69 Å². The van der Waals surface area contributed by atoms with E-state index in [1.807, 2.05) is 6.20 Å². The second kappa shape index (κ2) is 5.63. The normalized spacial score (nSPS) is 16.9. The first-order valence-corrected chi connectivity index (χ1v) is 7.20. The Balaban J connectivity index is 1.70. The minimum atomic E-state index is -0.963. The Bertz CT molecular complexity index is 736. The van der Waals surface area contributed by atoms with Crippen LogP contribution in [0.15, 0.2) is 24.4 Å². The van der Waals surface area contributed by atoms with E-state index in [-0.39, 0.29) is 17.4 Å². The van der Waals surface area contributed by atoms with Crippen LogP contribution in [0.3, 0.4) is 0 Å². The average Bonchev–Trinajstić information content (AvgIpc) is 2.94. The van der Waals surface area contributed by atoms with Gasteiger partial charge in [0.25, 0.3) is 0 Å². The molecule has 0 saturated heterocycles. The highest BCUT2D eigenvalue weighted by Gasteiger charge is 2.26. The zero-order valence-electron chi connectivity index (χ0n) is 12.2. The van der Waals surface area contributed by atoms with Crippen LogP contribution in [-0.2, 0) is 17.6 Å². The van der Waals surface area contributed by atoms with E-state index in [4.69, 9.17) is 5.11 Å². The predicted octanol–water partition coefficient (Wildman–Crippen LogP) is 2.16. The first-order chi connectivity index (χ1) is 10.5. The van der Waals surface area contributed by atoms with E-state index in [1.165, 1.54) is 11.6 Å². The minimum Gasteiger partial charge on any atom is -0.478 e. The first kappa shape index (κ1) is 14.3. The molecule has 1 heterocycles. The Hall–Kier alpha value is -2.63. The lowest BCUT2D eigenvalue weighted by molar-refractivity contribution is -0.120. The molecule has 22 heavy (non-hydrogen) atoms. The molecule has 0 radical (unpaired) electrons. The number of H-pyrrole nitrogens is 1. The standard InChI is InChI=1S/C16H17N3O3/c1-9-6-12(4-5-13(9)16(21)22)18-15(20)10-2-3-11-8-17-19-14(11)7-10/h4-6,8,10H,2-3,7H2,1H3,(H,17,19)(H,18,20)(H,21,22). The van der Waals surface area contributed by atoms with Crippen LogP contribution in [0.5, 0.6) is 0 Å². The third kappa shape index (κ3) is 2.72. The third-order valence-corrected chi connectivity index (χ3v) is 4.12. The molecule has 0 fully saturated rings. The lowest BCUT2D eigenvalue weighted by Gasteiger charge is -2.21. The van der Waals surface area contributed by atoms with Crippen LogP contribution in [0.1, 0.15) is 33.6 Å². The monoisotopic (exact) mass is 299 g/mol. The molecule has 2 aromatic rings. The van der Waals surface area contributed by atoms with Crippen molar-refractivity contribution in [2.45, 2.75) is 26.2 Å². The number of carboxylic acid groups (broad SMARTS) is 1. The summed E-state index contributed by atoms with van der Waals surface area (Å²) in [6.07, 6.45) is 4.12. The van der Waals surface area contributed by atoms with Crippen LogP contribution in [0.2, 0.25) is 0 Å². The minimum absolute atomic E-state index is 0.0391. The number of carbonyl (C=O) groups excluding carboxylic acids is 1. The molecule has 6 heteroatoms. The van der Waals surface area contributed by atoms with Gasteiger partial charge in [-0.2, -0.15) is 5.10 Å². The SMILES string of the molecule is Cc1cc(NC(=O)C2CCc3cn[nH]c3C2)ccc1C(=O)O. The van der Waals surface area contributed by atoms with E-state index in [9.17, 15) is 9.59 Å². The summed E-state index contributed by atoms with van der Waals surface area (Å²) in [7, 11) is 0. The molecule has 3 rings (SSSR count). The lowest BCUT2D eigenvalue weighted by atomic mass is 9.87. The van der Waals surface area contributed by atoms with Crippen molar-refractivity contribution < 1.29 is 14.7 Å². The summed E-state index contributed by atoms with van der Waals surface area (Å²) in [5.41, 5.74) is 3.72. The number of aromatic amines is 1. The number of carboxylic acids is 1. The number of nitrogens with one attached hydrogen (secondary N) is 2. The van der Waals surface area contributed by atoms with E-state index in [0.29, 0.717) is 17.7 Å². The lowest BCUT2D eigenvalue weighted by Crippen LogP contribution is -2.28. The smallest absolute Gasteiger partial charge is 0.335 e. The number of aromatic nitrogens is 2. The van der Waals surface area contributed by atoms with Gasteiger partial charge in [0, 0.05) is 23.7 Å². The van der Waals surface area contributed by atoms with Crippen LogP contribution in [0, 0.1) is 12.8 Å². The topological polar surface area (TPSA) is 95.1 Å². The Kier molecular flexibility index (Phi) is 3.66. The van der Waals surface area contributed by atoms with Gasteiger partial charge in [-0.25, -0.2) is 4.79 Å². The maximum Gasteiger partial charge on any atom is 0.335 e. The molecule has 1 unspecified atom stereocenters. The molecule has 0 spiro atoms. The van der Waals surface area contributed by atoms with Gasteiger partial charge in [0.15, 0.2) is 0 Å². The summed E-state index contributed by atoms with van der Waals surface area (Å²) < 4.78 is 0. The second-order valence-electron chi connectivity index (χ2n) is 5.64. The molecule has 0 aliphatic heterocycles. The molecular formula is C16H17N3O3. The summed E-state index contributed by atoms with van der Waals surface area (Å²) >= 11 is 0. The summed E-state index contributed by atoms with van der Waals surface area (Å²) in [6.45, 7) is 1.72. The molecule has 1 aromatic carbocycles. The highest BCUT2D eigenvalue weighted by Crippen LogP contribution is 2.25. The molecule has 1 aromatic heterocycles. The Morgan fingerprint density at radius 3 is 2.95 bits per heavy atom. The highest BCUT2D eigenvalue weighted by atomic mass is 16.4. The fraction of sp³-hybridized carbons (Fsp3) is 0.312. The third-order valence-electron chi connectivity index (χ3n) is 4.12. The van der Waals surface area contributed by atoms with Crippen LogP contribution >= 0.6 is 0 Å². The Morgan fingerprint density at radius 2 is 2.23 bits per heavy atom. The zero-order valence-corrected chi connectivity index (χ0v) is 12.2. The maximum absolute atomic E-state index is 12.4. The number of fused-ring (bicyclic) bond motifs is 1. The molecule has 0 saturated carbocycles. The number of nitrogens with zero attached hydrogens (tertiary/aromatic N) is 1. The van der Waals surface area contributed by atoms with Gasteiger partial charge in [0.05, 0.1) is 11.8 Å². The van der Waals surface area contributed by atoms with Crippen LogP contribution in [-0.4, -0.2) is 27.2 Å². The maximum atomic E-state index is 12.4. The van der Waals surface area contributed by atoms with Crippen molar-refractivity contribution in [2.75, 3.05) is 5.32 Å². The molecule has 1 atom stereocenters. The Morgan fingerprint density at radius 1 is 1.41 bits per heavy atom. The zero-order chi connectivity index (χ0) is 15.7. The predicted molar refractivity (Wildman–Crippen MR) is 80.9 cm³/mol. The van der Waals surface area contributed by atoms with E-state index in [1.54, 1.807) is 19.1 Å². The fourth-order valence-electron chi connectivity index (χ4n) is 2.86. The van der Waals surface area contributed by atoms with Gasteiger partial charge < -0.3 is 10.4 Å². The number of aromatic carboxylic acids is 1. The van der Waals surface area contributed by atoms with Crippen LogP contribution in [0.25, 0.3) is 0 Å². The number of amides is 1. The fourth-order valence-corrected chi connectivity index (χ4v) is 2.86. The molecule has 114 valence electrons. The van der Waals surface area contributed by atoms with Crippen LogP contribution < -0.4 is 5.32 Å². The molecule has 1 amide bonds. The first-order valence-electron chi connectivity index (χ1n) is 7.20.